The van der Waals surface area contributed by atoms with Crippen molar-refractivity contribution in [1.29, 1.82) is 0 Å². The van der Waals surface area contributed by atoms with Crippen LogP contribution in [0.1, 0.15) is 12.0 Å². The van der Waals surface area contributed by atoms with Gasteiger partial charge < -0.3 is 10.4 Å². The van der Waals surface area contributed by atoms with Crippen LogP contribution in [0.2, 0.25) is 0 Å². The molecule has 134 valence electrons. The summed E-state index contributed by atoms with van der Waals surface area (Å²) < 4.78 is 0. The van der Waals surface area contributed by atoms with Gasteiger partial charge in [-0.2, -0.15) is 0 Å². The highest BCUT2D eigenvalue weighted by Gasteiger charge is 2.31. The van der Waals surface area contributed by atoms with E-state index in [9.17, 15) is 14.7 Å². The number of rotatable bonds is 4. The zero-order valence-electron chi connectivity index (χ0n) is 14.3. The molecule has 0 unspecified atom stereocenters. The highest BCUT2D eigenvalue weighted by Crippen LogP contribution is 2.30. The number of anilines is 1. The maximum Gasteiger partial charge on any atom is 0.260 e. The monoisotopic (exact) mass is 376 g/mol. The molecule has 1 heterocycles. The van der Waals surface area contributed by atoms with Gasteiger partial charge in [0.05, 0.1) is 0 Å². The number of fused-ring (bicyclic) bond motifs is 1. The molecule has 1 aliphatic heterocycles. The summed E-state index contributed by atoms with van der Waals surface area (Å²) in [6, 6.07) is 20.0. The maximum atomic E-state index is 12.5. The van der Waals surface area contributed by atoms with E-state index in [0.29, 0.717) is 5.04 Å². The predicted octanol–water partition coefficient (Wildman–Crippen LogP) is 3.96. The number of thioether (sulfide) groups is 1. The fourth-order valence-corrected chi connectivity index (χ4v) is 4.03. The van der Waals surface area contributed by atoms with E-state index in [0.717, 1.165) is 22.0 Å². The highest BCUT2D eigenvalue weighted by molar-refractivity contribution is 8.16. The standard InChI is InChI=1S/C21H16N2O3S/c24-15-10-8-14(9-11-15)21-23-20(26)18(27-21)12-19(25)22-17-7-3-5-13-4-1-2-6-16(13)17/h1-11,18,24H,12H2,(H,22,25)/t18-/m1/s1. The van der Waals surface area contributed by atoms with Gasteiger partial charge in [0.15, 0.2) is 0 Å². The molecular weight excluding hydrogens is 360 g/mol. The second-order valence-electron chi connectivity index (χ2n) is 6.19. The van der Waals surface area contributed by atoms with E-state index in [1.54, 1.807) is 24.3 Å². The normalized spacial score (nSPS) is 16.4. The number of benzene rings is 3. The van der Waals surface area contributed by atoms with Crippen molar-refractivity contribution in [2.75, 3.05) is 5.32 Å². The Morgan fingerprint density at radius 3 is 2.59 bits per heavy atom. The molecule has 0 fully saturated rings. The summed E-state index contributed by atoms with van der Waals surface area (Å²) in [6.07, 6.45) is 0.0534. The third-order valence-corrected chi connectivity index (χ3v) is 5.49. The second-order valence-corrected chi connectivity index (χ2v) is 7.38. The van der Waals surface area contributed by atoms with Gasteiger partial charge in [-0.1, -0.05) is 48.2 Å². The number of aromatic hydroxyl groups is 1. The van der Waals surface area contributed by atoms with Gasteiger partial charge in [0.25, 0.3) is 5.91 Å². The molecule has 0 saturated carbocycles. The molecule has 3 aromatic rings. The van der Waals surface area contributed by atoms with Gasteiger partial charge in [0.1, 0.15) is 16.0 Å². The summed E-state index contributed by atoms with van der Waals surface area (Å²) in [5, 5.41) is 14.3. The SMILES string of the molecule is O=C(C[C@H]1SC(c2ccc(O)cc2)=NC1=O)Nc1cccc2ccccc12. The van der Waals surface area contributed by atoms with Crippen molar-refractivity contribution in [3.8, 4) is 5.75 Å². The van der Waals surface area contributed by atoms with Crippen molar-refractivity contribution in [2.45, 2.75) is 11.7 Å². The lowest BCUT2D eigenvalue weighted by atomic mass is 10.1. The van der Waals surface area contributed by atoms with Crippen LogP contribution in [-0.4, -0.2) is 27.2 Å². The van der Waals surface area contributed by atoms with Crippen molar-refractivity contribution >= 4 is 45.1 Å². The zero-order valence-corrected chi connectivity index (χ0v) is 15.1. The fourth-order valence-electron chi connectivity index (χ4n) is 2.95. The molecule has 1 atom stereocenters. The minimum atomic E-state index is -0.538. The molecule has 0 saturated heterocycles. The molecular formula is C21H16N2O3S. The molecule has 2 amide bonds. The topological polar surface area (TPSA) is 78.8 Å². The van der Waals surface area contributed by atoms with Gasteiger partial charge in [0.2, 0.25) is 5.91 Å². The van der Waals surface area contributed by atoms with Gasteiger partial charge in [0, 0.05) is 23.1 Å². The van der Waals surface area contributed by atoms with Gasteiger partial charge in [-0.15, -0.1) is 0 Å². The Labute approximate surface area is 160 Å². The number of phenols is 1. The summed E-state index contributed by atoms with van der Waals surface area (Å²) in [5.41, 5.74) is 1.48. The Morgan fingerprint density at radius 2 is 1.78 bits per heavy atom. The van der Waals surface area contributed by atoms with E-state index in [1.807, 2.05) is 42.5 Å². The largest absolute Gasteiger partial charge is 0.508 e. The third kappa shape index (κ3) is 3.71. The summed E-state index contributed by atoms with van der Waals surface area (Å²) in [5.74, 6) is -0.379. The van der Waals surface area contributed by atoms with Crippen LogP contribution in [0, 0.1) is 0 Å². The van der Waals surface area contributed by atoms with E-state index in [1.165, 1.54) is 11.8 Å². The van der Waals surface area contributed by atoms with E-state index >= 15 is 0 Å². The summed E-state index contributed by atoms with van der Waals surface area (Å²) >= 11 is 1.28. The Morgan fingerprint density at radius 1 is 1.04 bits per heavy atom. The Kier molecular flexibility index (Phi) is 4.64. The predicted molar refractivity (Wildman–Crippen MR) is 108 cm³/mol. The van der Waals surface area contributed by atoms with Crippen molar-refractivity contribution in [3.63, 3.8) is 0 Å². The van der Waals surface area contributed by atoms with Crippen molar-refractivity contribution in [3.05, 3.63) is 72.3 Å². The average molecular weight is 376 g/mol. The zero-order chi connectivity index (χ0) is 18.8. The first-order valence-corrected chi connectivity index (χ1v) is 9.34. The van der Waals surface area contributed by atoms with Crippen LogP contribution < -0.4 is 5.32 Å². The molecule has 0 spiro atoms. The highest BCUT2D eigenvalue weighted by atomic mass is 32.2. The van der Waals surface area contributed by atoms with Crippen LogP contribution in [0.5, 0.6) is 5.75 Å². The van der Waals surface area contributed by atoms with Crippen molar-refractivity contribution < 1.29 is 14.7 Å². The molecule has 0 bridgehead atoms. The quantitative estimate of drug-likeness (QED) is 0.722. The van der Waals surface area contributed by atoms with Crippen molar-refractivity contribution in [1.82, 2.24) is 0 Å². The van der Waals surface area contributed by atoms with Crippen LogP contribution in [0.3, 0.4) is 0 Å². The molecule has 27 heavy (non-hydrogen) atoms. The third-order valence-electron chi connectivity index (χ3n) is 4.29. The summed E-state index contributed by atoms with van der Waals surface area (Å²) in [6.45, 7) is 0. The number of amides is 2. The van der Waals surface area contributed by atoms with E-state index in [2.05, 4.69) is 10.3 Å². The molecule has 4 rings (SSSR count). The smallest absolute Gasteiger partial charge is 0.260 e. The average Bonchev–Trinajstić information content (AvgIpc) is 3.03. The lowest BCUT2D eigenvalue weighted by molar-refractivity contribution is -0.121. The number of nitrogens with one attached hydrogen (secondary N) is 1. The van der Waals surface area contributed by atoms with E-state index < -0.39 is 5.25 Å². The number of phenolic OH excluding ortho intramolecular Hbond substituents is 1. The van der Waals surface area contributed by atoms with Gasteiger partial charge in [-0.3, -0.25) is 9.59 Å². The number of hydrogen-bond donors (Lipinski definition) is 2. The van der Waals surface area contributed by atoms with E-state index in [-0.39, 0.29) is 24.0 Å². The lowest BCUT2D eigenvalue weighted by Gasteiger charge is -2.10. The minimum Gasteiger partial charge on any atom is -0.508 e. The van der Waals surface area contributed by atoms with Crippen LogP contribution in [0.15, 0.2) is 71.7 Å². The molecule has 0 aromatic heterocycles. The van der Waals surface area contributed by atoms with Gasteiger partial charge >= 0.3 is 0 Å². The number of hydrogen-bond acceptors (Lipinski definition) is 4. The van der Waals surface area contributed by atoms with Crippen LogP contribution in [0.25, 0.3) is 10.8 Å². The fraction of sp³-hybridized carbons (Fsp3) is 0.0952. The van der Waals surface area contributed by atoms with Crippen LogP contribution in [-0.2, 0) is 9.59 Å². The number of nitrogens with zero attached hydrogens (tertiary/aromatic N) is 1. The number of carbonyl (C=O) groups excluding carboxylic acids is 2. The molecule has 1 aliphatic rings. The maximum absolute atomic E-state index is 12.5. The van der Waals surface area contributed by atoms with Crippen molar-refractivity contribution in [2.24, 2.45) is 4.99 Å². The molecule has 2 N–H and O–H groups in total. The minimum absolute atomic E-state index is 0.0534. The first-order valence-electron chi connectivity index (χ1n) is 8.46. The molecule has 3 aromatic carbocycles. The summed E-state index contributed by atoms with van der Waals surface area (Å²) in [4.78, 5) is 28.7. The Bertz CT molecular complexity index is 1060. The van der Waals surface area contributed by atoms with Gasteiger partial charge in [-0.05, 0) is 35.7 Å². The second kappa shape index (κ2) is 7.25. The number of aliphatic imine (C=N–C) groups is 1. The summed E-state index contributed by atoms with van der Waals surface area (Å²) in [7, 11) is 0. The Hall–Kier alpha value is -3.12. The molecule has 0 radical (unpaired) electrons. The lowest BCUT2D eigenvalue weighted by Crippen LogP contribution is -2.21. The Balaban J connectivity index is 1.44. The first kappa shape index (κ1) is 17.3. The van der Waals surface area contributed by atoms with Crippen LogP contribution >= 0.6 is 11.8 Å². The molecule has 0 aliphatic carbocycles. The van der Waals surface area contributed by atoms with Crippen LogP contribution in [0.4, 0.5) is 5.69 Å². The van der Waals surface area contributed by atoms with E-state index in [4.69, 9.17) is 0 Å². The first-order chi connectivity index (χ1) is 13.1. The number of carbonyl (C=O) groups is 2. The van der Waals surface area contributed by atoms with Gasteiger partial charge in [-0.25, -0.2) is 4.99 Å². The molecule has 6 heteroatoms. The molecule has 5 nitrogen and oxygen atoms in total.